The van der Waals surface area contributed by atoms with Crippen molar-refractivity contribution in [3.05, 3.63) is 70.2 Å². The van der Waals surface area contributed by atoms with Crippen molar-refractivity contribution in [2.75, 3.05) is 20.1 Å². The maximum absolute atomic E-state index is 12.8. The summed E-state index contributed by atoms with van der Waals surface area (Å²) in [5.74, 6) is 0.762. The van der Waals surface area contributed by atoms with Gasteiger partial charge in [-0.2, -0.15) is 0 Å². The highest BCUT2D eigenvalue weighted by molar-refractivity contribution is 6.30. The third-order valence-corrected chi connectivity index (χ3v) is 5.22. The van der Waals surface area contributed by atoms with E-state index in [4.69, 9.17) is 16.3 Å². The predicted octanol–water partition coefficient (Wildman–Crippen LogP) is 3.45. The molecule has 2 aromatic carbocycles. The Hall–Kier alpha value is -2.57. The highest BCUT2D eigenvalue weighted by Gasteiger charge is 2.26. The fraction of sp³-hybridized carbons (Fsp3) is 0.391. The Morgan fingerprint density at radius 3 is 2.00 bits per heavy atom. The van der Waals surface area contributed by atoms with Crippen molar-refractivity contribution in [2.45, 2.75) is 39.1 Å². The molecule has 1 aliphatic rings. The van der Waals surface area contributed by atoms with Crippen LogP contribution in [0.4, 0.5) is 0 Å². The summed E-state index contributed by atoms with van der Waals surface area (Å²) in [6.45, 7) is 6.52. The Labute approximate surface area is 183 Å². The second kappa shape index (κ2) is 10.5. The van der Waals surface area contributed by atoms with Crippen LogP contribution in [0.5, 0.6) is 0 Å². The van der Waals surface area contributed by atoms with Gasteiger partial charge in [-0.25, -0.2) is 0 Å². The first-order valence-electron chi connectivity index (χ1n) is 10.2. The van der Waals surface area contributed by atoms with Gasteiger partial charge in [-0.15, -0.1) is 0 Å². The number of amides is 1. The van der Waals surface area contributed by atoms with Gasteiger partial charge in [0.25, 0.3) is 5.91 Å². The number of rotatable bonds is 5. The van der Waals surface area contributed by atoms with E-state index in [9.17, 15) is 4.79 Å². The molecule has 1 amide bonds. The number of guanidine groups is 1. The summed E-state index contributed by atoms with van der Waals surface area (Å²) in [7, 11) is 1.74. The molecule has 0 aromatic heterocycles. The van der Waals surface area contributed by atoms with Crippen molar-refractivity contribution in [3.63, 3.8) is 0 Å². The molecule has 1 aliphatic heterocycles. The van der Waals surface area contributed by atoms with Gasteiger partial charge in [-0.05, 0) is 49.2 Å². The molecule has 0 radical (unpaired) electrons. The molecule has 30 heavy (non-hydrogen) atoms. The first kappa shape index (κ1) is 22.1. The Morgan fingerprint density at radius 1 is 1.00 bits per heavy atom. The molecule has 7 heteroatoms. The molecule has 3 rings (SSSR count). The first-order chi connectivity index (χ1) is 14.4. The third-order valence-electron chi connectivity index (χ3n) is 4.96. The van der Waals surface area contributed by atoms with Gasteiger partial charge in [0.1, 0.15) is 0 Å². The average Bonchev–Trinajstić information content (AvgIpc) is 2.74. The molecule has 0 aliphatic carbocycles. The first-order valence-corrected chi connectivity index (χ1v) is 10.5. The van der Waals surface area contributed by atoms with E-state index in [0.717, 1.165) is 16.1 Å². The van der Waals surface area contributed by atoms with Gasteiger partial charge in [0.05, 0.1) is 12.2 Å². The second-order valence-corrected chi connectivity index (χ2v) is 8.01. The highest BCUT2D eigenvalue weighted by Crippen LogP contribution is 2.15. The van der Waals surface area contributed by atoms with E-state index in [2.05, 4.69) is 15.6 Å². The summed E-state index contributed by atoms with van der Waals surface area (Å²) in [5, 5.41) is 7.29. The van der Waals surface area contributed by atoms with Crippen molar-refractivity contribution in [1.82, 2.24) is 15.5 Å². The standard InChI is InChI=1S/C23H29ClN4O2/c1-16-14-28(15-17(2)30-16)22(29)20-8-4-18(5-9-20)12-26-23(25-3)27-13-19-6-10-21(24)11-7-19/h4-11,16-17H,12-15H2,1-3H3,(H2,25,26,27). The molecule has 0 bridgehead atoms. The number of halogens is 1. The number of nitrogens with zero attached hydrogens (tertiary/aromatic N) is 2. The van der Waals surface area contributed by atoms with Crippen molar-refractivity contribution in [3.8, 4) is 0 Å². The van der Waals surface area contributed by atoms with Crippen LogP contribution in [-0.4, -0.2) is 49.1 Å². The van der Waals surface area contributed by atoms with Gasteiger partial charge in [0, 0.05) is 43.8 Å². The fourth-order valence-electron chi connectivity index (χ4n) is 3.49. The number of nitrogens with one attached hydrogen (secondary N) is 2. The smallest absolute Gasteiger partial charge is 0.254 e. The summed E-state index contributed by atoms with van der Waals surface area (Å²) in [5.41, 5.74) is 2.90. The monoisotopic (exact) mass is 428 g/mol. The normalized spacial score (nSPS) is 19.5. The Morgan fingerprint density at radius 2 is 1.50 bits per heavy atom. The van der Waals surface area contributed by atoms with Crippen LogP contribution in [0, 0.1) is 0 Å². The molecule has 2 N–H and O–H groups in total. The van der Waals surface area contributed by atoms with Crippen LogP contribution >= 0.6 is 11.6 Å². The minimum Gasteiger partial charge on any atom is -0.372 e. The molecule has 0 saturated carbocycles. The van der Waals surface area contributed by atoms with E-state index in [1.165, 1.54) is 0 Å². The van der Waals surface area contributed by atoms with E-state index in [-0.39, 0.29) is 18.1 Å². The summed E-state index contributed by atoms with van der Waals surface area (Å²) < 4.78 is 5.71. The second-order valence-electron chi connectivity index (χ2n) is 7.57. The zero-order valence-corrected chi connectivity index (χ0v) is 18.4. The summed E-state index contributed by atoms with van der Waals surface area (Å²) in [6.07, 6.45) is 0.126. The average molecular weight is 429 g/mol. The molecule has 1 saturated heterocycles. The van der Waals surface area contributed by atoms with E-state index < -0.39 is 0 Å². The van der Waals surface area contributed by atoms with Crippen LogP contribution in [-0.2, 0) is 17.8 Å². The highest BCUT2D eigenvalue weighted by atomic mass is 35.5. The SMILES string of the molecule is CN=C(NCc1ccc(Cl)cc1)NCc1ccc(C(=O)N2CC(C)OC(C)C2)cc1. The lowest BCUT2D eigenvalue weighted by Gasteiger charge is -2.35. The van der Waals surface area contributed by atoms with Crippen LogP contribution in [0.1, 0.15) is 35.3 Å². The Kier molecular flexibility index (Phi) is 7.71. The number of hydrogen-bond acceptors (Lipinski definition) is 3. The quantitative estimate of drug-likeness (QED) is 0.565. The molecule has 2 aromatic rings. The molecule has 1 fully saturated rings. The van der Waals surface area contributed by atoms with Gasteiger partial charge in [0.15, 0.2) is 5.96 Å². The molecule has 6 nitrogen and oxygen atoms in total. The van der Waals surface area contributed by atoms with Crippen LogP contribution in [0.25, 0.3) is 0 Å². The third kappa shape index (κ3) is 6.21. The zero-order valence-electron chi connectivity index (χ0n) is 17.7. The van der Waals surface area contributed by atoms with Gasteiger partial charge >= 0.3 is 0 Å². The van der Waals surface area contributed by atoms with Gasteiger partial charge in [-0.1, -0.05) is 35.9 Å². The van der Waals surface area contributed by atoms with Gasteiger partial charge < -0.3 is 20.3 Å². The lowest BCUT2D eigenvalue weighted by molar-refractivity contribution is -0.0586. The van der Waals surface area contributed by atoms with Crippen molar-refractivity contribution >= 4 is 23.5 Å². The van der Waals surface area contributed by atoms with E-state index in [1.54, 1.807) is 7.05 Å². The number of carbonyl (C=O) groups excluding carboxylic acids is 1. The fourth-order valence-corrected chi connectivity index (χ4v) is 3.61. The van der Waals surface area contributed by atoms with Crippen LogP contribution < -0.4 is 10.6 Å². The number of ether oxygens (including phenoxy) is 1. The van der Waals surface area contributed by atoms with E-state index >= 15 is 0 Å². The molecule has 1 heterocycles. The molecule has 2 unspecified atom stereocenters. The molecule has 160 valence electrons. The minimum atomic E-state index is 0.0527. The minimum absolute atomic E-state index is 0.0527. The van der Waals surface area contributed by atoms with E-state index in [0.29, 0.717) is 37.7 Å². The summed E-state index contributed by atoms with van der Waals surface area (Å²) in [4.78, 5) is 18.9. The van der Waals surface area contributed by atoms with Crippen molar-refractivity contribution in [2.24, 2.45) is 4.99 Å². The Balaban J connectivity index is 1.50. The molecular weight excluding hydrogens is 400 g/mol. The number of carbonyl (C=O) groups is 1. The number of benzene rings is 2. The van der Waals surface area contributed by atoms with Gasteiger partial charge in [-0.3, -0.25) is 9.79 Å². The Bertz CT molecular complexity index is 858. The topological polar surface area (TPSA) is 66.0 Å². The molecule has 2 atom stereocenters. The van der Waals surface area contributed by atoms with Crippen LogP contribution in [0.2, 0.25) is 5.02 Å². The zero-order chi connectivity index (χ0) is 21.5. The largest absolute Gasteiger partial charge is 0.372 e. The van der Waals surface area contributed by atoms with Crippen LogP contribution in [0.15, 0.2) is 53.5 Å². The van der Waals surface area contributed by atoms with E-state index in [1.807, 2.05) is 67.3 Å². The number of hydrogen-bond donors (Lipinski definition) is 2. The van der Waals surface area contributed by atoms with Crippen molar-refractivity contribution < 1.29 is 9.53 Å². The summed E-state index contributed by atoms with van der Waals surface area (Å²) in [6, 6.07) is 15.4. The molecule has 0 spiro atoms. The maximum Gasteiger partial charge on any atom is 0.254 e. The molecular formula is C23H29ClN4O2. The number of aliphatic imine (C=N–C) groups is 1. The lowest BCUT2D eigenvalue weighted by Crippen LogP contribution is -2.48. The van der Waals surface area contributed by atoms with Crippen molar-refractivity contribution in [1.29, 1.82) is 0 Å². The maximum atomic E-state index is 12.8. The van der Waals surface area contributed by atoms with Gasteiger partial charge in [0.2, 0.25) is 0 Å². The summed E-state index contributed by atoms with van der Waals surface area (Å²) >= 11 is 5.92. The number of morpholine rings is 1. The predicted molar refractivity (Wildman–Crippen MR) is 121 cm³/mol. The van der Waals surface area contributed by atoms with Crippen LogP contribution in [0.3, 0.4) is 0 Å². The lowest BCUT2D eigenvalue weighted by atomic mass is 10.1.